The Morgan fingerprint density at radius 2 is 2.11 bits per heavy atom. The smallest absolute Gasteiger partial charge is 0.291 e. The Bertz CT molecular complexity index is 955. The number of carbonyl (C=O) groups is 1. The van der Waals surface area contributed by atoms with Crippen LogP contribution in [0.2, 0.25) is 0 Å². The number of fused-ring (bicyclic) bond motifs is 1. The molecule has 2 heterocycles. The normalized spacial score (nSPS) is 29.3. The van der Waals surface area contributed by atoms with Crippen LogP contribution in [0.1, 0.15) is 62.0 Å². The average Bonchev–Trinajstić information content (AvgIpc) is 3.15. The highest BCUT2D eigenvalue weighted by Crippen LogP contribution is 2.52. The van der Waals surface area contributed by atoms with Gasteiger partial charge in [0, 0.05) is 12.0 Å². The van der Waals surface area contributed by atoms with Crippen LogP contribution in [0.5, 0.6) is 0 Å². The van der Waals surface area contributed by atoms with E-state index in [0.29, 0.717) is 18.0 Å². The van der Waals surface area contributed by atoms with Gasteiger partial charge < -0.3 is 9.30 Å². The third-order valence-corrected chi connectivity index (χ3v) is 6.19. The molecule has 0 bridgehead atoms. The number of hydrogen-bond donors (Lipinski definition) is 2. The second-order valence-corrected chi connectivity index (χ2v) is 8.56. The summed E-state index contributed by atoms with van der Waals surface area (Å²) in [6.45, 7) is 6.98. The summed E-state index contributed by atoms with van der Waals surface area (Å²) in [5.41, 5.74) is 3.27. The fraction of sp³-hybridized carbons (Fsp3) is 0.524. The minimum atomic E-state index is -0.716. The molecule has 1 aromatic heterocycles. The maximum absolute atomic E-state index is 12.3. The van der Waals surface area contributed by atoms with Crippen LogP contribution in [0, 0.1) is 17.2 Å². The van der Waals surface area contributed by atoms with E-state index in [4.69, 9.17) is 9.94 Å². The Morgan fingerprint density at radius 1 is 1.37 bits per heavy atom. The summed E-state index contributed by atoms with van der Waals surface area (Å²) in [7, 11) is 0. The monoisotopic (exact) mass is 367 g/mol. The maximum Gasteiger partial charge on any atom is 0.291 e. The van der Waals surface area contributed by atoms with Gasteiger partial charge in [-0.1, -0.05) is 13.0 Å². The van der Waals surface area contributed by atoms with Crippen molar-refractivity contribution in [2.75, 3.05) is 6.61 Å². The first kappa shape index (κ1) is 18.0. The van der Waals surface area contributed by atoms with Crippen LogP contribution in [-0.2, 0) is 10.3 Å². The van der Waals surface area contributed by atoms with Crippen molar-refractivity contribution in [3.05, 3.63) is 35.5 Å². The average molecular weight is 367 g/mol. The molecule has 2 N–H and O–H groups in total. The van der Waals surface area contributed by atoms with Gasteiger partial charge >= 0.3 is 0 Å². The molecule has 2 fully saturated rings. The van der Waals surface area contributed by atoms with Gasteiger partial charge in [-0.2, -0.15) is 5.26 Å². The van der Waals surface area contributed by atoms with Crippen LogP contribution in [0.3, 0.4) is 0 Å². The second-order valence-electron chi connectivity index (χ2n) is 8.56. The van der Waals surface area contributed by atoms with E-state index in [9.17, 15) is 10.1 Å². The van der Waals surface area contributed by atoms with Crippen molar-refractivity contribution in [3.8, 4) is 6.07 Å². The van der Waals surface area contributed by atoms with Crippen molar-refractivity contribution in [2.24, 2.45) is 5.92 Å². The minimum absolute atomic E-state index is 0.139. The Balaban J connectivity index is 1.82. The molecule has 1 amide bonds. The van der Waals surface area contributed by atoms with Gasteiger partial charge in [0.25, 0.3) is 5.91 Å². The number of carbonyl (C=O) groups excluding carboxylic acids is 1. The van der Waals surface area contributed by atoms with Crippen LogP contribution >= 0.6 is 0 Å². The van der Waals surface area contributed by atoms with E-state index in [2.05, 4.69) is 32.0 Å². The van der Waals surface area contributed by atoms with E-state index in [1.165, 1.54) is 5.56 Å². The second kappa shape index (κ2) is 6.08. The van der Waals surface area contributed by atoms with Crippen LogP contribution in [0.25, 0.3) is 10.9 Å². The van der Waals surface area contributed by atoms with Gasteiger partial charge in [-0.05, 0) is 68.7 Å². The number of nitrogens with zero attached hydrogens (tertiary/aromatic N) is 2. The number of hydrogen-bond acceptors (Lipinski definition) is 4. The zero-order valence-electron chi connectivity index (χ0n) is 16.0. The van der Waals surface area contributed by atoms with E-state index in [1.807, 2.05) is 13.0 Å². The maximum atomic E-state index is 12.3. The van der Waals surface area contributed by atoms with Gasteiger partial charge in [-0.15, -0.1) is 0 Å². The molecule has 142 valence electrons. The molecular formula is C21H25N3O3. The number of aromatic nitrogens is 1. The molecule has 27 heavy (non-hydrogen) atoms. The van der Waals surface area contributed by atoms with Crippen LogP contribution in [0.4, 0.5) is 0 Å². The van der Waals surface area contributed by atoms with E-state index in [1.54, 1.807) is 16.1 Å². The zero-order chi connectivity index (χ0) is 19.4. The molecule has 1 aliphatic heterocycles. The first-order valence-corrected chi connectivity index (χ1v) is 9.47. The van der Waals surface area contributed by atoms with E-state index in [-0.39, 0.29) is 11.5 Å². The topological polar surface area (TPSA) is 87.3 Å². The molecule has 0 unspecified atom stereocenters. The van der Waals surface area contributed by atoms with Gasteiger partial charge in [-0.3, -0.25) is 10.0 Å². The van der Waals surface area contributed by atoms with Gasteiger partial charge in [0.1, 0.15) is 11.2 Å². The fourth-order valence-electron chi connectivity index (χ4n) is 4.58. The summed E-state index contributed by atoms with van der Waals surface area (Å²) in [5, 5.41) is 19.9. The lowest BCUT2D eigenvalue weighted by Crippen LogP contribution is -2.32. The summed E-state index contributed by atoms with van der Waals surface area (Å²) >= 11 is 0. The Morgan fingerprint density at radius 3 is 2.70 bits per heavy atom. The summed E-state index contributed by atoms with van der Waals surface area (Å²) in [6.07, 6.45) is 2.62. The molecule has 6 nitrogen and oxygen atoms in total. The van der Waals surface area contributed by atoms with Gasteiger partial charge in [0.2, 0.25) is 0 Å². The number of benzene rings is 1. The molecule has 1 aromatic carbocycles. The third-order valence-electron chi connectivity index (χ3n) is 6.19. The Labute approximate surface area is 158 Å². The predicted octanol–water partition coefficient (Wildman–Crippen LogP) is 3.69. The third kappa shape index (κ3) is 2.82. The summed E-state index contributed by atoms with van der Waals surface area (Å²) < 4.78 is 7.63. The highest BCUT2D eigenvalue weighted by atomic mass is 16.5. The molecule has 1 aliphatic carbocycles. The number of ether oxygens (including phenoxy) is 1. The Hall–Kier alpha value is -2.36. The molecular weight excluding hydrogens is 342 g/mol. The highest BCUT2D eigenvalue weighted by molar-refractivity contribution is 5.99. The number of rotatable bonds is 3. The highest BCUT2D eigenvalue weighted by Gasteiger charge is 2.55. The molecule has 4 rings (SSSR count). The van der Waals surface area contributed by atoms with Crippen LogP contribution in [0.15, 0.2) is 24.3 Å². The fourth-order valence-corrected chi connectivity index (χ4v) is 4.58. The number of nitrogens with one attached hydrogen (secondary N) is 1. The minimum Gasteiger partial charge on any atom is -0.376 e. The van der Waals surface area contributed by atoms with E-state index >= 15 is 0 Å². The van der Waals surface area contributed by atoms with Crippen LogP contribution < -0.4 is 5.48 Å². The number of hydroxylamine groups is 1. The number of amides is 1. The van der Waals surface area contributed by atoms with Crippen LogP contribution in [-0.4, -0.2) is 27.9 Å². The molecule has 1 saturated carbocycles. The van der Waals surface area contributed by atoms with E-state index in [0.717, 1.165) is 30.4 Å². The lowest BCUT2D eigenvalue weighted by Gasteiger charge is -2.35. The predicted molar refractivity (Wildman–Crippen MR) is 101 cm³/mol. The summed E-state index contributed by atoms with van der Waals surface area (Å²) in [5.74, 6) is -0.0191. The van der Waals surface area contributed by atoms with Gasteiger partial charge in [0.15, 0.2) is 0 Å². The zero-order valence-corrected chi connectivity index (χ0v) is 16.0. The van der Waals surface area contributed by atoms with Crippen molar-refractivity contribution in [3.63, 3.8) is 0 Å². The van der Waals surface area contributed by atoms with Gasteiger partial charge in [-0.25, -0.2) is 5.48 Å². The standard InChI is InChI=1S/C21H25N3O3/c1-13-10-21(13,12-22)24-17-5-4-14(15-6-7-27-20(2,3)11-15)8-16(17)9-18(24)19(25)23-26/h4-5,8-9,13,15,26H,6-7,10-11H2,1-3H3,(H,23,25)/t13-,15-,21+/m0/s1. The summed E-state index contributed by atoms with van der Waals surface area (Å²) in [4.78, 5) is 12.3. The lowest BCUT2D eigenvalue weighted by molar-refractivity contribution is -0.0592. The molecule has 1 saturated heterocycles. The quantitative estimate of drug-likeness (QED) is 0.640. The SMILES string of the molecule is C[C@H]1C[C@]1(C#N)n1c(C(=O)NO)cc2cc([C@H]3CCOC(C)(C)C3)ccc21. The molecule has 3 atom stereocenters. The van der Waals surface area contributed by atoms with Crippen molar-refractivity contribution < 1.29 is 14.7 Å². The van der Waals surface area contributed by atoms with Crippen molar-refractivity contribution >= 4 is 16.8 Å². The Kier molecular flexibility index (Phi) is 4.06. The van der Waals surface area contributed by atoms with E-state index < -0.39 is 11.4 Å². The molecule has 0 spiro atoms. The number of nitriles is 1. The molecule has 0 radical (unpaired) electrons. The lowest BCUT2D eigenvalue weighted by atomic mass is 9.83. The first-order valence-electron chi connectivity index (χ1n) is 9.47. The molecule has 2 aliphatic rings. The molecule has 2 aromatic rings. The molecule has 6 heteroatoms. The van der Waals surface area contributed by atoms with Crippen molar-refractivity contribution in [1.82, 2.24) is 10.0 Å². The van der Waals surface area contributed by atoms with Gasteiger partial charge in [0.05, 0.1) is 17.2 Å². The first-order chi connectivity index (χ1) is 12.8. The van der Waals surface area contributed by atoms with Crippen molar-refractivity contribution in [2.45, 2.75) is 57.1 Å². The summed E-state index contributed by atoms with van der Waals surface area (Å²) in [6, 6.07) is 10.4. The van der Waals surface area contributed by atoms with Crippen molar-refractivity contribution in [1.29, 1.82) is 5.26 Å². The largest absolute Gasteiger partial charge is 0.376 e.